The maximum atomic E-state index is 14.2. The maximum Gasteiger partial charge on any atom is 0.334 e. The van der Waals surface area contributed by atoms with Crippen molar-refractivity contribution in [1.82, 2.24) is 0 Å². The normalized spacial score (nSPS) is 27.2. The van der Waals surface area contributed by atoms with Crippen molar-refractivity contribution in [2.45, 2.75) is 121 Å². The lowest BCUT2D eigenvalue weighted by molar-refractivity contribution is -0.173. The molecule has 2 heterocycles. The van der Waals surface area contributed by atoms with Gasteiger partial charge in [0.2, 0.25) is 0 Å². The number of phenols is 1. The van der Waals surface area contributed by atoms with E-state index in [1.807, 2.05) is 12.1 Å². The molecule has 2 saturated carbocycles. The standard InChI is InChI=1S/C41H49NO9/c1-4-26-15-27(29-13-25(23-43)14-32(16-29)42-22-24(2)44)7-8-28-19-38(47)50-35-20-34(45)30(17-33(28)35)18-37(51-39(26)48)40(3,49)31-9-10-36(46)41(21-31)11-5-6-12-41/h4,13-14,16-17,20,24,27-28,31,37,42-45,49H,5-6,9-12,15,18-19,21-23H2,1-3H3/t24-,27-,28+,31-,37+,40-/m0/s1. The van der Waals surface area contributed by atoms with Crippen molar-refractivity contribution >= 4 is 23.4 Å². The Morgan fingerprint density at radius 1 is 1.06 bits per heavy atom. The number of nitrogens with one attached hydrogen (secondary N) is 1. The Kier molecular flexibility index (Phi) is 10.6. The maximum absolute atomic E-state index is 14.2. The average molecular weight is 700 g/mol. The molecular formula is C41H49NO9. The second-order valence-corrected chi connectivity index (χ2v) is 15.1. The number of hydrogen-bond donors (Lipinski definition) is 5. The average Bonchev–Trinajstić information content (AvgIpc) is 3.57. The van der Waals surface area contributed by atoms with Gasteiger partial charge in [0, 0.05) is 53.6 Å². The quantitative estimate of drug-likeness (QED) is 0.110. The summed E-state index contributed by atoms with van der Waals surface area (Å²) >= 11 is 0. The molecule has 2 fully saturated rings. The van der Waals surface area contributed by atoms with E-state index in [1.54, 1.807) is 39.0 Å². The highest BCUT2D eigenvalue weighted by Crippen LogP contribution is 2.52. The van der Waals surface area contributed by atoms with Crippen LogP contribution in [0.5, 0.6) is 11.5 Å². The fourth-order valence-electron chi connectivity index (χ4n) is 8.42. The first-order valence-electron chi connectivity index (χ1n) is 18.2. The Hall–Kier alpha value is -4.17. The lowest BCUT2D eigenvalue weighted by Crippen LogP contribution is -2.53. The third-order valence-corrected chi connectivity index (χ3v) is 11.5. The molecule has 6 atom stereocenters. The molecule has 2 bridgehead atoms. The van der Waals surface area contributed by atoms with E-state index < -0.39 is 47.0 Å². The van der Waals surface area contributed by atoms with Gasteiger partial charge in [-0.3, -0.25) is 9.59 Å². The van der Waals surface area contributed by atoms with E-state index in [9.17, 15) is 34.8 Å². The molecule has 2 aromatic carbocycles. The molecule has 272 valence electrons. The molecule has 2 aliphatic carbocycles. The molecule has 4 aliphatic rings. The van der Waals surface area contributed by atoms with Crippen LogP contribution in [0.25, 0.3) is 0 Å². The van der Waals surface area contributed by atoms with Crippen molar-refractivity contribution in [1.29, 1.82) is 0 Å². The van der Waals surface area contributed by atoms with Crippen LogP contribution in [0.1, 0.15) is 113 Å². The van der Waals surface area contributed by atoms with Gasteiger partial charge in [-0.25, -0.2) is 4.79 Å². The van der Waals surface area contributed by atoms with Crippen LogP contribution in [0.4, 0.5) is 5.69 Å². The van der Waals surface area contributed by atoms with Crippen LogP contribution in [0.3, 0.4) is 0 Å². The smallest absolute Gasteiger partial charge is 0.334 e. The fourth-order valence-corrected chi connectivity index (χ4v) is 8.42. The number of carbonyl (C=O) groups is 3. The molecule has 0 aromatic heterocycles. The number of ketones is 1. The molecule has 10 nitrogen and oxygen atoms in total. The van der Waals surface area contributed by atoms with E-state index >= 15 is 0 Å². The number of aromatic hydroxyl groups is 1. The molecule has 2 aromatic rings. The predicted octanol–water partition coefficient (Wildman–Crippen LogP) is 5.34. The molecule has 6 rings (SSSR count). The van der Waals surface area contributed by atoms with E-state index in [1.165, 1.54) is 6.07 Å². The molecule has 1 spiro atoms. The third-order valence-electron chi connectivity index (χ3n) is 11.5. The van der Waals surface area contributed by atoms with E-state index in [0.717, 1.165) is 25.7 Å². The van der Waals surface area contributed by atoms with Crippen molar-refractivity contribution in [2.24, 2.45) is 11.3 Å². The Labute approximate surface area is 299 Å². The molecule has 2 aliphatic heterocycles. The van der Waals surface area contributed by atoms with Gasteiger partial charge < -0.3 is 35.2 Å². The second kappa shape index (κ2) is 14.8. The summed E-state index contributed by atoms with van der Waals surface area (Å²) in [6.07, 6.45) is 4.97. The summed E-state index contributed by atoms with van der Waals surface area (Å²) in [4.78, 5) is 40.1. The van der Waals surface area contributed by atoms with E-state index in [4.69, 9.17) is 9.47 Å². The largest absolute Gasteiger partial charge is 0.508 e. The Balaban J connectivity index is 1.43. The summed E-state index contributed by atoms with van der Waals surface area (Å²) in [5, 5.41) is 46.8. The van der Waals surface area contributed by atoms with Crippen LogP contribution in [-0.4, -0.2) is 62.5 Å². The number of rotatable bonds is 7. The highest BCUT2D eigenvalue weighted by atomic mass is 16.6. The van der Waals surface area contributed by atoms with Crippen molar-refractivity contribution in [3.8, 4) is 23.3 Å². The zero-order chi connectivity index (χ0) is 36.5. The number of fused-ring (bicyclic) bond motifs is 1. The number of benzene rings is 2. The van der Waals surface area contributed by atoms with Gasteiger partial charge in [0.1, 0.15) is 29.0 Å². The van der Waals surface area contributed by atoms with Crippen molar-refractivity contribution in [3.05, 3.63) is 64.2 Å². The molecular weight excluding hydrogens is 650 g/mol. The number of anilines is 1. The van der Waals surface area contributed by atoms with Gasteiger partial charge in [-0.15, -0.1) is 0 Å². The zero-order valence-electron chi connectivity index (χ0n) is 29.7. The highest BCUT2D eigenvalue weighted by Gasteiger charge is 2.52. The molecule has 10 heteroatoms. The zero-order valence-corrected chi connectivity index (χ0v) is 29.7. The summed E-state index contributed by atoms with van der Waals surface area (Å²) in [5.74, 6) is 4.32. The van der Waals surface area contributed by atoms with Gasteiger partial charge in [-0.2, -0.15) is 0 Å². The summed E-state index contributed by atoms with van der Waals surface area (Å²) in [7, 11) is 0. The molecule has 0 amide bonds. The van der Waals surface area contributed by atoms with Crippen molar-refractivity contribution in [2.75, 3.05) is 11.9 Å². The number of phenolic OH excluding ortho intramolecular Hbond substituents is 1. The lowest BCUT2D eigenvalue weighted by atomic mass is 9.62. The first-order valence-corrected chi connectivity index (χ1v) is 18.2. The van der Waals surface area contributed by atoms with Gasteiger partial charge in [0.05, 0.1) is 25.0 Å². The number of cyclic esters (lactones) is 1. The van der Waals surface area contributed by atoms with Crippen LogP contribution in [0, 0.1) is 23.2 Å². The number of carbonyl (C=O) groups excluding carboxylic acids is 3. The molecule has 0 saturated heterocycles. The highest BCUT2D eigenvalue weighted by molar-refractivity contribution is 5.89. The van der Waals surface area contributed by atoms with Crippen LogP contribution in [0.15, 0.2) is 42.0 Å². The number of ether oxygens (including phenoxy) is 2. The predicted molar refractivity (Wildman–Crippen MR) is 190 cm³/mol. The van der Waals surface area contributed by atoms with Gasteiger partial charge in [0.25, 0.3) is 0 Å². The van der Waals surface area contributed by atoms with Crippen LogP contribution in [-0.2, 0) is 32.1 Å². The Morgan fingerprint density at radius 2 is 1.80 bits per heavy atom. The first kappa shape index (κ1) is 36.6. The summed E-state index contributed by atoms with van der Waals surface area (Å²) in [6.45, 7) is 5.12. The van der Waals surface area contributed by atoms with E-state index in [-0.39, 0.29) is 55.6 Å². The Bertz CT molecular complexity index is 1770. The lowest BCUT2D eigenvalue weighted by Gasteiger charge is -2.45. The first-order chi connectivity index (χ1) is 24.3. The van der Waals surface area contributed by atoms with Crippen molar-refractivity contribution in [3.63, 3.8) is 0 Å². The summed E-state index contributed by atoms with van der Waals surface area (Å²) in [5.41, 5.74) is 1.34. The molecule has 5 N–H and O–H groups in total. The Morgan fingerprint density at radius 3 is 2.51 bits per heavy atom. The minimum atomic E-state index is -1.55. The molecule has 51 heavy (non-hydrogen) atoms. The number of aliphatic hydroxyl groups excluding tert-OH is 2. The fraction of sp³-hybridized carbons (Fsp3) is 0.537. The van der Waals surface area contributed by atoms with Gasteiger partial charge in [0.15, 0.2) is 0 Å². The number of aliphatic hydroxyl groups is 3. The van der Waals surface area contributed by atoms with Crippen LogP contribution in [0.2, 0.25) is 0 Å². The van der Waals surface area contributed by atoms with Gasteiger partial charge in [-0.05, 0) is 93.7 Å². The molecule has 0 radical (unpaired) electrons. The monoisotopic (exact) mass is 699 g/mol. The third kappa shape index (κ3) is 7.71. The number of Topliss-reactive ketones (excluding diaryl/α,β-unsaturated/α-hetero) is 1. The number of hydrogen-bond acceptors (Lipinski definition) is 10. The topological polar surface area (TPSA) is 163 Å². The number of allylic oxidation sites excluding steroid dienone is 1. The number of esters is 2. The van der Waals surface area contributed by atoms with Gasteiger partial charge >= 0.3 is 11.9 Å². The van der Waals surface area contributed by atoms with E-state index in [0.29, 0.717) is 52.8 Å². The van der Waals surface area contributed by atoms with Crippen LogP contribution >= 0.6 is 0 Å². The summed E-state index contributed by atoms with van der Waals surface area (Å²) in [6, 6.07) is 8.58. The minimum Gasteiger partial charge on any atom is -0.508 e. The SMILES string of the molecule is CC=C1C[C@@H](c2cc(CO)cc(NC[C@H](C)O)c2)C#C[C@@H]2CC(=O)Oc3cc(O)c(cc32)C[C@H]([C@@](C)(O)[C@H]2CCC(=O)C3(CCCC3)C2)OC1=O. The van der Waals surface area contributed by atoms with Crippen molar-refractivity contribution < 1.29 is 44.3 Å². The molecule has 0 unspecified atom stereocenters. The second-order valence-electron chi connectivity index (χ2n) is 15.1. The van der Waals surface area contributed by atoms with E-state index in [2.05, 4.69) is 17.2 Å². The van der Waals surface area contributed by atoms with Crippen LogP contribution < -0.4 is 10.1 Å². The van der Waals surface area contributed by atoms with Gasteiger partial charge in [-0.1, -0.05) is 36.8 Å². The minimum absolute atomic E-state index is 0.0132. The summed E-state index contributed by atoms with van der Waals surface area (Å²) < 4.78 is 11.8.